The molecule has 1 heterocycles. The van der Waals surface area contributed by atoms with E-state index in [4.69, 9.17) is 17.3 Å². The van der Waals surface area contributed by atoms with E-state index in [2.05, 4.69) is 4.98 Å². The monoisotopic (exact) mass is 168 g/mol. The number of nitrogens with two attached hydrogens (primary N) is 1. The second kappa shape index (κ2) is 2.47. The SMILES string of the molecule is NC1CCc2cc(Cl)cnc21. The summed E-state index contributed by atoms with van der Waals surface area (Å²) >= 11 is 5.77. The predicted molar refractivity (Wildman–Crippen MR) is 44.5 cm³/mol. The normalized spacial score (nSPS) is 21.8. The number of hydrogen-bond donors (Lipinski definition) is 1. The summed E-state index contributed by atoms with van der Waals surface area (Å²) in [5.74, 6) is 0. The number of fused-ring (bicyclic) bond motifs is 1. The van der Waals surface area contributed by atoms with E-state index in [0.717, 1.165) is 18.5 Å². The van der Waals surface area contributed by atoms with Crippen LogP contribution in [0.4, 0.5) is 0 Å². The number of halogens is 1. The topological polar surface area (TPSA) is 38.9 Å². The Morgan fingerprint density at radius 2 is 2.45 bits per heavy atom. The quantitative estimate of drug-likeness (QED) is 0.640. The highest BCUT2D eigenvalue weighted by atomic mass is 35.5. The second-order valence-corrected chi connectivity index (χ2v) is 3.28. The summed E-state index contributed by atoms with van der Waals surface area (Å²) in [6, 6.07) is 2.08. The van der Waals surface area contributed by atoms with E-state index in [-0.39, 0.29) is 6.04 Å². The molecule has 1 aliphatic rings. The Balaban J connectivity index is 2.50. The van der Waals surface area contributed by atoms with Crippen molar-refractivity contribution in [3.8, 4) is 0 Å². The lowest BCUT2D eigenvalue weighted by Crippen LogP contribution is -2.06. The molecule has 1 unspecified atom stereocenters. The minimum Gasteiger partial charge on any atom is -0.323 e. The van der Waals surface area contributed by atoms with Crippen LogP contribution in [0.25, 0.3) is 0 Å². The number of hydrogen-bond acceptors (Lipinski definition) is 2. The van der Waals surface area contributed by atoms with Gasteiger partial charge < -0.3 is 5.73 Å². The van der Waals surface area contributed by atoms with Crippen LogP contribution in [-0.4, -0.2) is 4.98 Å². The molecule has 0 saturated heterocycles. The Hall–Kier alpha value is -0.600. The molecule has 0 radical (unpaired) electrons. The van der Waals surface area contributed by atoms with Gasteiger partial charge in [0.15, 0.2) is 0 Å². The third-order valence-corrected chi connectivity index (χ3v) is 2.25. The van der Waals surface area contributed by atoms with E-state index in [1.54, 1.807) is 6.20 Å². The van der Waals surface area contributed by atoms with Gasteiger partial charge in [-0.3, -0.25) is 4.98 Å². The van der Waals surface area contributed by atoms with E-state index in [0.29, 0.717) is 5.02 Å². The van der Waals surface area contributed by atoms with E-state index in [1.165, 1.54) is 5.56 Å². The molecule has 2 N–H and O–H groups in total. The zero-order chi connectivity index (χ0) is 7.84. The summed E-state index contributed by atoms with van der Waals surface area (Å²) in [5.41, 5.74) is 8.03. The van der Waals surface area contributed by atoms with Crippen molar-refractivity contribution in [2.24, 2.45) is 5.73 Å². The van der Waals surface area contributed by atoms with Crippen molar-refractivity contribution < 1.29 is 0 Å². The van der Waals surface area contributed by atoms with E-state index >= 15 is 0 Å². The zero-order valence-electron chi connectivity index (χ0n) is 6.05. The van der Waals surface area contributed by atoms with Gasteiger partial charge in [0.2, 0.25) is 0 Å². The van der Waals surface area contributed by atoms with Gasteiger partial charge in [0.25, 0.3) is 0 Å². The zero-order valence-corrected chi connectivity index (χ0v) is 6.80. The molecule has 2 rings (SSSR count). The van der Waals surface area contributed by atoms with E-state index < -0.39 is 0 Å². The standard InChI is InChI=1S/C8H9ClN2/c9-6-3-5-1-2-7(10)8(5)11-4-6/h3-4,7H,1-2,10H2. The molecule has 1 aromatic rings. The smallest absolute Gasteiger partial charge is 0.0604 e. The van der Waals surface area contributed by atoms with Crippen LogP contribution in [0, 0.1) is 0 Å². The van der Waals surface area contributed by atoms with Gasteiger partial charge in [0.05, 0.1) is 10.7 Å². The molecule has 0 fully saturated rings. The maximum absolute atomic E-state index is 5.79. The maximum Gasteiger partial charge on any atom is 0.0604 e. The Morgan fingerprint density at radius 1 is 1.64 bits per heavy atom. The first-order valence-electron chi connectivity index (χ1n) is 3.67. The first-order chi connectivity index (χ1) is 5.27. The number of nitrogens with zero attached hydrogens (tertiary/aromatic N) is 1. The molecule has 0 saturated carbocycles. The summed E-state index contributed by atoms with van der Waals surface area (Å²) in [4.78, 5) is 4.18. The van der Waals surface area contributed by atoms with Gasteiger partial charge in [0.1, 0.15) is 0 Å². The largest absolute Gasteiger partial charge is 0.323 e. The first kappa shape index (κ1) is 7.07. The highest BCUT2D eigenvalue weighted by Gasteiger charge is 2.19. The fraction of sp³-hybridized carbons (Fsp3) is 0.375. The fourth-order valence-electron chi connectivity index (χ4n) is 1.47. The third-order valence-electron chi connectivity index (χ3n) is 2.04. The lowest BCUT2D eigenvalue weighted by Gasteiger charge is -2.01. The molecule has 11 heavy (non-hydrogen) atoms. The molecule has 1 aromatic heterocycles. The van der Waals surface area contributed by atoms with Crippen molar-refractivity contribution in [2.45, 2.75) is 18.9 Å². The molecule has 0 amide bonds. The molecule has 58 valence electrons. The minimum atomic E-state index is 0.127. The van der Waals surface area contributed by atoms with Gasteiger partial charge in [0, 0.05) is 12.2 Å². The van der Waals surface area contributed by atoms with Crippen molar-refractivity contribution in [2.75, 3.05) is 0 Å². The Morgan fingerprint density at radius 3 is 3.27 bits per heavy atom. The van der Waals surface area contributed by atoms with Gasteiger partial charge in [-0.25, -0.2) is 0 Å². The Kier molecular flexibility index (Phi) is 1.59. The van der Waals surface area contributed by atoms with Crippen molar-refractivity contribution >= 4 is 11.6 Å². The number of aromatic nitrogens is 1. The van der Waals surface area contributed by atoms with Gasteiger partial charge in [-0.05, 0) is 24.5 Å². The van der Waals surface area contributed by atoms with Crippen LogP contribution < -0.4 is 5.73 Å². The first-order valence-corrected chi connectivity index (χ1v) is 4.05. The lowest BCUT2D eigenvalue weighted by atomic mass is 10.2. The number of aryl methyl sites for hydroxylation is 1. The maximum atomic E-state index is 5.79. The molecule has 0 aliphatic heterocycles. The second-order valence-electron chi connectivity index (χ2n) is 2.84. The van der Waals surface area contributed by atoms with Crippen molar-refractivity contribution in [3.63, 3.8) is 0 Å². The predicted octanol–water partition coefficient (Wildman–Crippen LogP) is 1.68. The highest BCUT2D eigenvalue weighted by molar-refractivity contribution is 6.30. The van der Waals surface area contributed by atoms with Crippen LogP contribution in [0.2, 0.25) is 5.02 Å². The van der Waals surface area contributed by atoms with Crippen LogP contribution in [0.1, 0.15) is 23.7 Å². The molecule has 0 bridgehead atoms. The molecule has 1 atom stereocenters. The molecule has 3 heteroatoms. The minimum absolute atomic E-state index is 0.127. The number of rotatable bonds is 0. The summed E-state index contributed by atoms with van der Waals surface area (Å²) in [5, 5.41) is 0.706. The van der Waals surface area contributed by atoms with Gasteiger partial charge in [-0.1, -0.05) is 11.6 Å². The average Bonchev–Trinajstić information content (AvgIpc) is 2.32. The van der Waals surface area contributed by atoms with Crippen molar-refractivity contribution in [1.82, 2.24) is 4.98 Å². The molecule has 2 nitrogen and oxygen atoms in total. The summed E-state index contributed by atoms with van der Waals surface area (Å²) in [6.45, 7) is 0. The summed E-state index contributed by atoms with van der Waals surface area (Å²) in [6.07, 6.45) is 3.68. The third kappa shape index (κ3) is 1.12. The van der Waals surface area contributed by atoms with Gasteiger partial charge >= 0.3 is 0 Å². The molecular weight excluding hydrogens is 160 g/mol. The van der Waals surface area contributed by atoms with Crippen LogP contribution in [0.3, 0.4) is 0 Å². The summed E-state index contributed by atoms with van der Waals surface area (Å²) in [7, 11) is 0. The molecule has 0 spiro atoms. The average molecular weight is 169 g/mol. The Labute approximate surface area is 70.4 Å². The molecular formula is C8H9ClN2. The van der Waals surface area contributed by atoms with Crippen LogP contribution >= 0.6 is 11.6 Å². The van der Waals surface area contributed by atoms with Crippen LogP contribution in [0.5, 0.6) is 0 Å². The highest BCUT2D eigenvalue weighted by Crippen LogP contribution is 2.28. The van der Waals surface area contributed by atoms with Crippen molar-refractivity contribution in [3.05, 3.63) is 28.5 Å². The van der Waals surface area contributed by atoms with Gasteiger partial charge in [-0.15, -0.1) is 0 Å². The van der Waals surface area contributed by atoms with E-state index in [1.807, 2.05) is 6.07 Å². The van der Waals surface area contributed by atoms with Gasteiger partial charge in [-0.2, -0.15) is 0 Å². The van der Waals surface area contributed by atoms with Crippen molar-refractivity contribution in [1.29, 1.82) is 0 Å². The lowest BCUT2D eigenvalue weighted by molar-refractivity contribution is 0.698. The molecule has 0 aromatic carbocycles. The van der Waals surface area contributed by atoms with Crippen LogP contribution in [-0.2, 0) is 6.42 Å². The summed E-state index contributed by atoms with van der Waals surface area (Å²) < 4.78 is 0. The fourth-order valence-corrected chi connectivity index (χ4v) is 1.65. The number of pyridine rings is 1. The van der Waals surface area contributed by atoms with E-state index in [9.17, 15) is 0 Å². The Bertz CT molecular complexity index is 285. The van der Waals surface area contributed by atoms with Crippen LogP contribution in [0.15, 0.2) is 12.3 Å². The molecule has 1 aliphatic carbocycles.